The van der Waals surface area contributed by atoms with E-state index in [-0.39, 0.29) is 16.5 Å². The molecule has 4 rings (SSSR count). The van der Waals surface area contributed by atoms with Crippen LogP contribution in [0.2, 0.25) is 0 Å². The summed E-state index contributed by atoms with van der Waals surface area (Å²) in [5.41, 5.74) is 1.92. The van der Waals surface area contributed by atoms with E-state index < -0.39 is 22.2 Å². The molecule has 0 unspecified atom stereocenters. The number of nitrogens with one attached hydrogen (secondary N) is 1. The summed E-state index contributed by atoms with van der Waals surface area (Å²) < 4.78 is 31.6. The van der Waals surface area contributed by atoms with E-state index in [9.17, 15) is 13.2 Å². The summed E-state index contributed by atoms with van der Waals surface area (Å²) in [6.45, 7) is -0.647. The number of amidine groups is 1. The van der Waals surface area contributed by atoms with Gasteiger partial charge in [-0.05, 0) is 19.1 Å². The number of carbonyl (C=O) groups excluding carboxylic acids is 1. The van der Waals surface area contributed by atoms with Gasteiger partial charge >= 0.3 is 6.48 Å². The second-order valence-corrected chi connectivity index (χ2v) is 9.59. The van der Waals surface area contributed by atoms with Crippen LogP contribution in [0, 0.1) is 0 Å². The number of hydrogen-bond donors (Lipinski definition) is 1. The average Bonchev–Trinajstić information content (AvgIpc) is 2.79. The molecule has 0 fully saturated rings. The van der Waals surface area contributed by atoms with Crippen molar-refractivity contribution in [3.63, 3.8) is 0 Å². The summed E-state index contributed by atoms with van der Waals surface area (Å²) in [7, 11) is -3.75. The minimum atomic E-state index is -3.75. The fourth-order valence-electron chi connectivity index (χ4n) is 3.94. The van der Waals surface area contributed by atoms with E-state index in [2.05, 4.69) is 5.32 Å². The van der Waals surface area contributed by atoms with E-state index in [1.54, 1.807) is 37.3 Å². The van der Waals surface area contributed by atoms with Crippen LogP contribution in [-0.2, 0) is 14.5 Å². The van der Waals surface area contributed by atoms with Gasteiger partial charge in [0.05, 0.1) is 5.76 Å². The van der Waals surface area contributed by atoms with Gasteiger partial charge in [-0.2, -0.15) is 0 Å². The monoisotopic (exact) mass is 445 g/mol. The summed E-state index contributed by atoms with van der Waals surface area (Å²) in [6.07, 6.45) is 1.07. The molecule has 0 bridgehead atoms. The van der Waals surface area contributed by atoms with Crippen LogP contribution in [0.3, 0.4) is 0 Å². The van der Waals surface area contributed by atoms with Crippen LogP contribution >= 0.6 is 0 Å². The zero-order chi connectivity index (χ0) is 22.8. The smallest absolute Gasteiger partial charge is 0.336 e. The van der Waals surface area contributed by atoms with Crippen molar-refractivity contribution in [3.05, 3.63) is 107 Å². The topological polar surface area (TPSA) is 84.8 Å². The first-order valence-corrected chi connectivity index (χ1v) is 12.0. The minimum Gasteiger partial charge on any atom is -0.691 e. The Bertz CT molecular complexity index is 1270. The highest BCUT2D eigenvalue weighted by Crippen LogP contribution is 2.26. The van der Waals surface area contributed by atoms with Crippen molar-refractivity contribution in [1.29, 1.82) is 0 Å². The number of carbonyl (C=O) groups is 1. The highest BCUT2D eigenvalue weighted by molar-refractivity contribution is 7.95. The molecule has 0 aromatic heterocycles. The van der Waals surface area contributed by atoms with E-state index in [0.717, 1.165) is 17.2 Å². The van der Waals surface area contributed by atoms with Gasteiger partial charge in [0.2, 0.25) is 0 Å². The van der Waals surface area contributed by atoms with Crippen LogP contribution in [-0.4, -0.2) is 32.9 Å². The lowest BCUT2D eigenvalue weighted by molar-refractivity contribution is 0.0977. The molecule has 0 aliphatic carbocycles. The van der Waals surface area contributed by atoms with Crippen LogP contribution in [0.15, 0.2) is 107 Å². The predicted molar refractivity (Wildman–Crippen MR) is 128 cm³/mol. The van der Waals surface area contributed by atoms with Crippen LogP contribution in [0.5, 0.6) is 0 Å². The normalized spacial score (nSPS) is 15.5. The van der Waals surface area contributed by atoms with Gasteiger partial charge in [0, 0.05) is 11.8 Å². The number of amides is 1. The molecule has 1 amide bonds. The SMILES string of the molecule is CC1=C(S(C)(=O)=O)C(NC(=O)c2ccccc2)=N[B-](c2ccccc2)(c2ccccc2)O1. The third-order valence-electron chi connectivity index (χ3n) is 5.33. The van der Waals surface area contributed by atoms with Gasteiger partial charge in [-0.25, -0.2) is 8.42 Å². The number of rotatable bonds is 4. The fraction of sp³-hybridized carbons (Fsp3) is 0.0833. The molecule has 6 nitrogen and oxygen atoms in total. The first kappa shape index (κ1) is 21.6. The molecule has 8 heteroatoms. The van der Waals surface area contributed by atoms with Gasteiger partial charge < -0.3 is 14.9 Å². The Balaban J connectivity index is 1.93. The molecular formula is C24H22BN2O4S-. The molecule has 1 heterocycles. The van der Waals surface area contributed by atoms with Crippen LogP contribution in [0.25, 0.3) is 0 Å². The van der Waals surface area contributed by atoms with E-state index in [1.165, 1.54) is 0 Å². The summed E-state index contributed by atoms with van der Waals surface area (Å²) in [5.74, 6) is -0.303. The molecular weight excluding hydrogens is 423 g/mol. The molecule has 32 heavy (non-hydrogen) atoms. The molecule has 1 aliphatic heterocycles. The molecule has 162 valence electrons. The van der Waals surface area contributed by atoms with E-state index in [1.807, 2.05) is 60.7 Å². The van der Waals surface area contributed by atoms with Crippen LogP contribution in [0.1, 0.15) is 17.3 Å². The Kier molecular flexibility index (Phi) is 5.71. The van der Waals surface area contributed by atoms with E-state index in [4.69, 9.17) is 9.56 Å². The summed E-state index contributed by atoms with van der Waals surface area (Å²) >= 11 is 0. The summed E-state index contributed by atoms with van der Waals surface area (Å²) in [4.78, 5) is 17.6. The van der Waals surface area contributed by atoms with E-state index >= 15 is 0 Å². The third kappa shape index (κ3) is 4.09. The second-order valence-electron chi connectivity index (χ2n) is 7.64. The molecule has 3 aromatic carbocycles. The van der Waals surface area contributed by atoms with Gasteiger partial charge in [0.25, 0.3) is 5.91 Å². The Morgan fingerprint density at radius 1 is 0.844 bits per heavy atom. The molecule has 0 atom stereocenters. The van der Waals surface area contributed by atoms with Crippen molar-refractivity contribution in [2.45, 2.75) is 6.92 Å². The standard InChI is InChI=1S/C24H22BN2O4S/c1-18-22(32(2,29)30)23(26-24(28)19-12-6-3-7-13-19)27-25(31-18,20-14-8-4-9-15-20)21-16-10-5-11-17-21/h3-17H,1-2H3,(H,26,27,28)/q-1. The van der Waals surface area contributed by atoms with Crippen LogP contribution < -0.4 is 16.2 Å². The van der Waals surface area contributed by atoms with Crippen molar-refractivity contribution < 1.29 is 17.9 Å². The molecule has 0 saturated heterocycles. The Hall–Kier alpha value is -3.65. The van der Waals surface area contributed by atoms with Crippen molar-refractivity contribution >= 4 is 39.0 Å². The quantitative estimate of drug-likeness (QED) is 0.625. The van der Waals surface area contributed by atoms with Gasteiger partial charge in [-0.1, -0.05) is 78.9 Å². The molecule has 0 spiro atoms. The number of allylic oxidation sites excluding steroid dienone is 1. The highest BCUT2D eigenvalue weighted by atomic mass is 32.2. The lowest BCUT2D eigenvalue weighted by atomic mass is 9.42. The molecule has 3 aromatic rings. The number of sulfone groups is 1. The van der Waals surface area contributed by atoms with Crippen LogP contribution in [0.4, 0.5) is 0 Å². The molecule has 1 aliphatic rings. The molecule has 1 N–H and O–H groups in total. The van der Waals surface area contributed by atoms with Gasteiger partial charge in [-0.15, -0.1) is 10.9 Å². The minimum absolute atomic E-state index is 0.0298. The maximum absolute atomic E-state index is 12.9. The molecule has 0 saturated carbocycles. The number of nitrogens with zero attached hydrogens (tertiary/aromatic N) is 1. The maximum Gasteiger partial charge on any atom is 0.336 e. The highest BCUT2D eigenvalue weighted by Gasteiger charge is 2.38. The Morgan fingerprint density at radius 3 is 1.78 bits per heavy atom. The maximum atomic E-state index is 12.9. The largest absolute Gasteiger partial charge is 0.691 e. The first-order valence-electron chi connectivity index (χ1n) is 10.1. The zero-order valence-electron chi connectivity index (χ0n) is 17.7. The van der Waals surface area contributed by atoms with Crippen molar-refractivity contribution in [2.24, 2.45) is 4.90 Å². The lowest BCUT2D eigenvalue weighted by Crippen LogP contribution is -2.62. The van der Waals surface area contributed by atoms with Crippen molar-refractivity contribution in [1.82, 2.24) is 5.32 Å². The average molecular weight is 445 g/mol. The fourth-order valence-corrected chi connectivity index (χ4v) is 4.97. The van der Waals surface area contributed by atoms with Crippen molar-refractivity contribution in [2.75, 3.05) is 6.26 Å². The van der Waals surface area contributed by atoms with Crippen molar-refractivity contribution in [3.8, 4) is 0 Å². The third-order valence-corrected chi connectivity index (χ3v) is 6.56. The molecule has 0 radical (unpaired) electrons. The van der Waals surface area contributed by atoms with Gasteiger partial charge in [0.15, 0.2) is 9.84 Å². The number of benzene rings is 3. The number of hydrogen-bond acceptors (Lipinski definition) is 5. The summed E-state index contributed by atoms with van der Waals surface area (Å²) in [6, 6.07) is 27.3. The predicted octanol–water partition coefficient (Wildman–Crippen LogP) is 2.38. The second kappa shape index (κ2) is 8.47. The zero-order valence-corrected chi connectivity index (χ0v) is 18.5. The Labute approximate surface area is 187 Å². The van der Waals surface area contributed by atoms with Gasteiger partial charge in [-0.3, -0.25) is 4.79 Å². The summed E-state index contributed by atoms with van der Waals surface area (Å²) in [5, 5.41) is 2.73. The first-order chi connectivity index (χ1) is 15.3. The lowest BCUT2D eigenvalue weighted by Gasteiger charge is -2.44. The Morgan fingerprint density at radius 2 is 1.31 bits per heavy atom. The van der Waals surface area contributed by atoms with E-state index in [0.29, 0.717) is 5.56 Å². The van der Waals surface area contributed by atoms with Gasteiger partial charge in [0.1, 0.15) is 10.7 Å².